The fourth-order valence-corrected chi connectivity index (χ4v) is 2.03. The number of halogens is 3. The Balaban J connectivity index is 2.48. The molecule has 106 valence electrons. The molecule has 1 nitrogen and oxygen atoms in total. The van der Waals surface area contributed by atoms with Crippen LogP contribution in [0, 0.1) is 17.5 Å². The number of hydrogen-bond donors (Lipinski definition) is 1. The van der Waals surface area contributed by atoms with Gasteiger partial charge in [0.25, 0.3) is 0 Å². The molecule has 0 bridgehead atoms. The first-order chi connectivity index (χ1) is 9.49. The van der Waals surface area contributed by atoms with Crippen LogP contribution in [0.5, 0.6) is 0 Å². The van der Waals surface area contributed by atoms with E-state index in [0.717, 1.165) is 5.56 Å². The van der Waals surface area contributed by atoms with E-state index in [4.69, 9.17) is 0 Å². The molecule has 0 aliphatic carbocycles. The SMILES string of the molecule is CC(C)NCc1ccccc1-c1c(F)cc(F)cc1F. The van der Waals surface area contributed by atoms with Gasteiger partial charge in [-0.3, -0.25) is 0 Å². The average Bonchev–Trinajstić information content (AvgIpc) is 2.36. The van der Waals surface area contributed by atoms with Crippen molar-refractivity contribution in [3.05, 3.63) is 59.4 Å². The Bertz CT molecular complexity index is 585. The van der Waals surface area contributed by atoms with E-state index in [1.807, 2.05) is 13.8 Å². The summed E-state index contributed by atoms with van der Waals surface area (Å²) in [4.78, 5) is 0. The fourth-order valence-electron chi connectivity index (χ4n) is 2.03. The standard InChI is InChI=1S/C16H16F3N/c1-10(2)20-9-11-5-3-4-6-13(11)16-14(18)7-12(17)8-15(16)19/h3-8,10,20H,9H2,1-2H3. The van der Waals surface area contributed by atoms with Gasteiger partial charge in [-0.05, 0) is 11.1 Å². The second-order valence-corrected chi connectivity index (χ2v) is 4.94. The van der Waals surface area contributed by atoms with Crippen LogP contribution in [0.15, 0.2) is 36.4 Å². The van der Waals surface area contributed by atoms with Gasteiger partial charge in [0.2, 0.25) is 0 Å². The van der Waals surface area contributed by atoms with Crippen LogP contribution in [-0.2, 0) is 6.54 Å². The molecule has 0 spiro atoms. The molecule has 0 radical (unpaired) electrons. The third-order valence-corrected chi connectivity index (χ3v) is 2.99. The molecule has 0 amide bonds. The van der Waals surface area contributed by atoms with E-state index in [2.05, 4.69) is 5.32 Å². The molecule has 2 aromatic carbocycles. The highest BCUT2D eigenvalue weighted by atomic mass is 19.1. The molecule has 0 atom stereocenters. The first kappa shape index (κ1) is 14.6. The van der Waals surface area contributed by atoms with Crippen LogP contribution < -0.4 is 5.32 Å². The molecule has 2 aromatic rings. The Kier molecular flexibility index (Phi) is 4.45. The molecule has 0 fully saturated rings. The minimum absolute atomic E-state index is 0.187. The number of hydrogen-bond acceptors (Lipinski definition) is 1. The zero-order chi connectivity index (χ0) is 14.7. The van der Waals surface area contributed by atoms with Gasteiger partial charge in [-0.25, -0.2) is 13.2 Å². The van der Waals surface area contributed by atoms with Crippen molar-refractivity contribution >= 4 is 0 Å². The molecule has 20 heavy (non-hydrogen) atoms. The van der Waals surface area contributed by atoms with E-state index in [-0.39, 0.29) is 11.6 Å². The summed E-state index contributed by atoms with van der Waals surface area (Å²) < 4.78 is 40.7. The molecule has 0 aliphatic heterocycles. The van der Waals surface area contributed by atoms with Crippen LogP contribution in [0.2, 0.25) is 0 Å². The predicted molar refractivity (Wildman–Crippen MR) is 73.7 cm³/mol. The quantitative estimate of drug-likeness (QED) is 0.881. The minimum Gasteiger partial charge on any atom is -0.310 e. The van der Waals surface area contributed by atoms with Crippen LogP contribution >= 0.6 is 0 Å². The van der Waals surface area contributed by atoms with Gasteiger partial charge in [0.15, 0.2) is 0 Å². The first-order valence-electron chi connectivity index (χ1n) is 6.45. The lowest BCUT2D eigenvalue weighted by Gasteiger charge is -2.14. The minimum atomic E-state index is -0.915. The van der Waals surface area contributed by atoms with Crippen molar-refractivity contribution in [2.45, 2.75) is 26.4 Å². The van der Waals surface area contributed by atoms with E-state index in [0.29, 0.717) is 24.2 Å². The molecule has 0 saturated heterocycles. The average molecular weight is 279 g/mol. The third-order valence-electron chi connectivity index (χ3n) is 2.99. The molecule has 0 unspecified atom stereocenters. The van der Waals surface area contributed by atoms with Gasteiger partial charge < -0.3 is 5.32 Å². The van der Waals surface area contributed by atoms with Crippen molar-refractivity contribution in [3.8, 4) is 11.1 Å². The van der Waals surface area contributed by atoms with Gasteiger partial charge in [0.05, 0.1) is 5.56 Å². The highest BCUT2D eigenvalue weighted by Crippen LogP contribution is 2.29. The highest BCUT2D eigenvalue weighted by molar-refractivity contribution is 5.68. The van der Waals surface area contributed by atoms with E-state index in [1.54, 1.807) is 24.3 Å². The summed E-state index contributed by atoms with van der Waals surface area (Å²) in [6.45, 7) is 4.47. The van der Waals surface area contributed by atoms with Crippen molar-refractivity contribution in [1.82, 2.24) is 5.32 Å². The van der Waals surface area contributed by atoms with Crippen molar-refractivity contribution in [2.75, 3.05) is 0 Å². The van der Waals surface area contributed by atoms with Gasteiger partial charge in [-0.2, -0.15) is 0 Å². The van der Waals surface area contributed by atoms with E-state index in [9.17, 15) is 13.2 Å². The van der Waals surface area contributed by atoms with E-state index < -0.39 is 17.5 Å². The van der Waals surface area contributed by atoms with Crippen LogP contribution in [0.4, 0.5) is 13.2 Å². The van der Waals surface area contributed by atoms with Crippen LogP contribution in [0.25, 0.3) is 11.1 Å². The lowest BCUT2D eigenvalue weighted by atomic mass is 9.98. The summed E-state index contributed by atoms with van der Waals surface area (Å²) in [5.74, 6) is -2.69. The summed E-state index contributed by atoms with van der Waals surface area (Å²) in [5, 5.41) is 3.20. The summed E-state index contributed by atoms with van der Waals surface area (Å²) in [5.41, 5.74) is 1.02. The molecule has 2 rings (SSSR count). The monoisotopic (exact) mass is 279 g/mol. The van der Waals surface area contributed by atoms with Gasteiger partial charge in [0, 0.05) is 24.7 Å². The molecular formula is C16H16F3N. The van der Waals surface area contributed by atoms with Crippen LogP contribution in [0.1, 0.15) is 19.4 Å². The maximum Gasteiger partial charge on any atom is 0.136 e. The number of rotatable bonds is 4. The van der Waals surface area contributed by atoms with Gasteiger partial charge in [-0.15, -0.1) is 0 Å². The largest absolute Gasteiger partial charge is 0.310 e. The molecule has 0 saturated carbocycles. The zero-order valence-corrected chi connectivity index (χ0v) is 11.4. The Hall–Kier alpha value is -1.81. The first-order valence-corrected chi connectivity index (χ1v) is 6.45. The molecule has 1 N–H and O–H groups in total. The Labute approximate surface area is 116 Å². The molecular weight excluding hydrogens is 263 g/mol. The summed E-state index contributed by atoms with van der Waals surface area (Å²) in [7, 11) is 0. The maximum atomic E-state index is 13.9. The highest BCUT2D eigenvalue weighted by Gasteiger charge is 2.16. The van der Waals surface area contributed by atoms with Crippen molar-refractivity contribution in [2.24, 2.45) is 0 Å². The molecule has 0 heterocycles. The van der Waals surface area contributed by atoms with Crippen molar-refractivity contribution in [1.29, 1.82) is 0 Å². The van der Waals surface area contributed by atoms with Crippen LogP contribution in [-0.4, -0.2) is 6.04 Å². The fraction of sp³-hybridized carbons (Fsp3) is 0.250. The van der Waals surface area contributed by atoms with E-state index in [1.165, 1.54) is 0 Å². The van der Waals surface area contributed by atoms with Crippen molar-refractivity contribution < 1.29 is 13.2 Å². The maximum absolute atomic E-state index is 13.9. The summed E-state index contributed by atoms with van der Waals surface area (Å²) >= 11 is 0. The number of benzene rings is 2. The van der Waals surface area contributed by atoms with E-state index >= 15 is 0 Å². The molecule has 4 heteroatoms. The third kappa shape index (κ3) is 3.20. The Morgan fingerprint density at radius 2 is 1.60 bits per heavy atom. The van der Waals surface area contributed by atoms with Crippen LogP contribution in [0.3, 0.4) is 0 Å². The topological polar surface area (TPSA) is 12.0 Å². The second-order valence-electron chi connectivity index (χ2n) is 4.94. The van der Waals surface area contributed by atoms with Crippen molar-refractivity contribution in [3.63, 3.8) is 0 Å². The Morgan fingerprint density at radius 3 is 2.20 bits per heavy atom. The molecule has 0 aliphatic rings. The van der Waals surface area contributed by atoms with Gasteiger partial charge >= 0.3 is 0 Å². The zero-order valence-electron chi connectivity index (χ0n) is 11.4. The van der Waals surface area contributed by atoms with Gasteiger partial charge in [-0.1, -0.05) is 38.1 Å². The predicted octanol–water partition coefficient (Wildman–Crippen LogP) is 4.27. The van der Waals surface area contributed by atoms with Gasteiger partial charge in [0.1, 0.15) is 17.5 Å². The summed E-state index contributed by atoms with van der Waals surface area (Å²) in [6.07, 6.45) is 0. The number of nitrogens with one attached hydrogen (secondary N) is 1. The lowest BCUT2D eigenvalue weighted by molar-refractivity contribution is 0.547. The molecule has 0 aromatic heterocycles. The Morgan fingerprint density at radius 1 is 1.00 bits per heavy atom. The summed E-state index contributed by atoms with van der Waals surface area (Å²) in [6, 6.07) is 8.60. The smallest absolute Gasteiger partial charge is 0.136 e. The normalized spacial score (nSPS) is 11.1. The lowest BCUT2D eigenvalue weighted by Crippen LogP contribution is -2.22. The second kappa shape index (κ2) is 6.09.